The van der Waals surface area contributed by atoms with Gasteiger partial charge in [-0.05, 0) is 25.5 Å². The van der Waals surface area contributed by atoms with Crippen LogP contribution in [0, 0.1) is 12.7 Å². The van der Waals surface area contributed by atoms with Crippen molar-refractivity contribution in [1.29, 1.82) is 0 Å². The normalized spacial score (nSPS) is 18.0. The lowest BCUT2D eigenvalue weighted by atomic mass is 10.1. The molecule has 4 rings (SSSR count). The molecule has 2 aromatic heterocycles. The van der Waals surface area contributed by atoms with Crippen LogP contribution in [-0.4, -0.2) is 38.8 Å². The highest BCUT2D eigenvalue weighted by Gasteiger charge is 2.30. The third-order valence-electron chi connectivity index (χ3n) is 4.42. The molecule has 1 atom stereocenters. The third-order valence-corrected chi connectivity index (χ3v) is 4.42. The molecule has 0 spiro atoms. The van der Waals surface area contributed by atoms with Crippen molar-refractivity contribution < 1.29 is 9.18 Å². The molecule has 5 nitrogen and oxygen atoms in total. The largest absolute Gasteiger partial charge is 0.348 e. The van der Waals surface area contributed by atoms with Crippen molar-refractivity contribution in [2.45, 2.75) is 19.3 Å². The second-order valence-electron chi connectivity index (χ2n) is 6.08. The number of nitrogens with one attached hydrogen (secondary N) is 2. The Hall–Kier alpha value is -2.63. The maximum absolute atomic E-state index is 13.8. The highest BCUT2D eigenvalue weighted by atomic mass is 19.1. The molecular formula is C17H17FN4O. The summed E-state index contributed by atoms with van der Waals surface area (Å²) in [4.78, 5) is 25.0. The third kappa shape index (κ3) is 2.40. The number of imidazole rings is 1. The van der Waals surface area contributed by atoms with Gasteiger partial charge in [0, 0.05) is 36.3 Å². The van der Waals surface area contributed by atoms with Crippen LogP contribution in [0.2, 0.25) is 0 Å². The molecule has 1 aromatic carbocycles. The van der Waals surface area contributed by atoms with E-state index in [9.17, 15) is 9.18 Å². The number of hydrogen-bond donors (Lipinski definition) is 2. The number of aryl methyl sites for hydroxylation is 1. The summed E-state index contributed by atoms with van der Waals surface area (Å²) in [5, 5.41) is 0.714. The van der Waals surface area contributed by atoms with E-state index in [0.717, 1.165) is 17.9 Å². The summed E-state index contributed by atoms with van der Waals surface area (Å²) in [7, 11) is 0. The molecule has 1 amide bonds. The number of fused-ring (bicyclic) bond motifs is 1. The molecule has 1 fully saturated rings. The van der Waals surface area contributed by atoms with Crippen LogP contribution in [0.15, 0.2) is 30.5 Å². The van der Waals surface area contributed by atoms with Gasteiger partial charge in [-0.3, -0.25) is 4.79 Å². The van der Waals surface area contributed by atoms with Crippen LogP contribution in [0.4, 0.5) is 4.39 Å². The molecule has 1 aliphatic rings. The Bertz CT molecular complexity index is 882. The van der Waals surface area contributed by atoms with Crippen LogP contribution >= 0.6 is 0 Å². The lowest BCUT2D eigenvalue weighted by molar-refractivity contribution is 0.0785. The van der Waals surface area contributed by atoms with Gasteiger partial charge >= 0.3 is 0 Å². The Kier molecular flexibility index (Phi) is 3.18. The topological polar surface area (TPSA) is 64.8 Å². The van der Waals surface area contributed by atoms with E-state index in [2.05, 4.69) is 15.0 Å². The fourth-order valence-electron chi connectivity index (χ4n) is 3.21. The second kappa shape index (κ2) is 5.22. The van der Waals surface area contributed by atoms with Crippen molar-refractivity contribution in [3.8, 4) is 0 Å². The Balaban J connectivity index is 1.56. The number of likely N-dealkylation sites (tertiary alicyclic amines) is 1. The first kappa shape index (κ1) is 14.0. The number of carbonyl (C=O) groups excluding carboxylic acids is 1. The molecule has 0 radical (unpaired) electrons. The molecule has 1 aliphatic heterocycles. The first-order chi connectivity index (χ1) is 11.1. The van der Waals surface area contributed by atoms with E-state index in [4.69, 9.17) is 0 Å². The molecule has 6 heteroatoms. The number of benzene rings is 1. The van der Waals surface area contributed by atoms with E-state index in [-0.39, 0.29) is 17.6 Å². The predicted octanol–water partition coefficient (Wildman–Crippen LogP) is 2.97. The van der Waals surface area contributed by atoms with E-state index in [1.165, 1.54) is 6.07 Å². The van der Waals surface area contributed by atoms with Crippen molar-refractivity contribution in [3.05, 3.63) is 53.5 Å². The first-order valence-corrected chi connectivity index (χ1v) is 7.70. The van der Waals surface area contributed by atoms with Gasteiger partial charge in [-0.2, -0.15) is 0 Å². The average molecular weight is 312 g/mol. The zero-order valence-electron chi connectivity index (χ0n) is 12.8. The minimum absolute atomic E-state index is 0.0913. The van der Waals surface area contributed by atoms with Crippen molar-refractivity contribution in [1.82, 2.24) is 19.9 Å². The van der Waals surface area contributed by atoms with E-state index in [0.29, 0.717) is 29.7 Å². The van der Waals surface area contributed by atoms with Crippen molar-refractivity contribution >= 4 is 16.8 Å². The molecule has 3 aromatic rings. The van der Waals surface area contributed by atoms with Crippen LogP contribution in [0.3, 0.4) is 0 Å². The molecule has 0 saturated carbocycles. The summed E-state index contributed by atoms with van der Waals surface area (Å²) in [5.74, 6) is 0.729. The second-order valence-corrected chi connectivity index (χ2v) is 6.08. The number of aromatic amines is 2. The summed E-state index contributed by atoms with van der Waals surface area (Å²) in [6, 6.07) is 6.54. The van der Waals surface area contributed by atoms with E-state index >= 15 is 0 Å². The Morgan fingerprint density at radius 1 is 1.39 bits per heavy atom. The number of nitrogens with zero attached hydrogens (tertiary/aromatic N) is 2. The zero-order valence-corrected chi connectivity index (χ0v) is 12.8. The maximum atomic E-state index is 13.8. The van der Waals surface area contributed by atoms with Crippen LogP contribution in [0.5, 0.6) is 0 Å². The summed E-state index contributed by atoms with van der Waals surface area (Å²) in [6.45, 7) is 3.28. The average Bonchev–Trinajstić information content (AvgIpc) is 3.25. The summed E-state index contributed by atoms with van der Waals surface area (Å²) in [6.07, 6.45) is 2.69. The first-order valence-electron chi connectivity index (χ1n) is 7.70. The van der Waals surface area contributed by atoms with E-state index in [1.807, 2.05) is 6.92 Å². The molecule has 2 N–H and O–H groups in total. The summed E-state index contributed by atoms with van der Waals surface area (Å²) < 4.78 is 13.8. The van der Waals surface area contributed by atoms with Gasteiger partial charge in [-0.1, -0.05) is 12.1 Å². The van der Waals surface area contributed by atoms with Crippen molar-refractivity contribution in [2.75, 3.05) is 13.1 Å². The van der Waals surface area contributed by atoms with Gasteiger partial charge in [-0.15, -0.1) is 0 Å². The molecule has 1 saturated heterocycles. The maximum Gasteiger partial charge on any atom is 0.270 e. The molecule has 0 aliphatic carbocycles. The van der Waals surface area contributed by atoms with E-state index < -0.39 is 0 Å². The lowest BCUT2D eigenvalue weighted by Gasteiger charge is -2.15. The van der Waals surface area contributed by atoms with Crippen LogP contribution < -0.4 is 0 Å². The Morgan fingerprint density at radius 2 is 2.26 bits per heavy atom. The number of carbonyl (C=O) groups is 1. The van der Waals surface area contributed by atoms with Gasteiger partial charge in [-0.25, -0.2) is 9.37 Å². The Morgan fingerprint density at radius 3 is 3.00 bits per heavy atom. The quantitative estimate of drug-likeness (QED) is 0.764. The molecule has 1 unspecified atom stereocenters. The highest BCUT2D eigenvalue weighted by Crippen LogP contribution is 2.27. The smallest absolute Gasteiger partial charge is 0.270 e. The van der Waals surface area contributed by atoms with E-state index in [1.54, 1.807) is 29.3 Å². The minimum atomic E-state index is -0.341. The fraction of sp³-hybridized carbons (Fsp3) is 0.294. The molecule has 3 heterocycles. The number of amides is 1. The van der Waals surface area contributed by atoms with Gasteiger partial charge in [0.15, 0.2) is 0 Å². The monoisotopic (exact) mass is 312 g/mol. The fourth-order valence-corrected chi connectivity index (χ4v) is 3.21. The number of para-hydroxylation sites is 1. The Labute approximate surface area is 132 Å². The van der Waals surface area contributed by atoms with Crippen LogP contribution in [0.25, 0.3) is 10.9 Å². The number of halogens is 1. The predicted molar refractivity (Wildman–Crippen MR) is 84.8 cm³/mol. The van der Waals surface area contributed by atoms with Crippen LogP contribution in [-0.2, 0) is 0 Å². The van der Waals surface area contributed by atoms with Crippen LogP contribution in [0.1, 0.15) is 34.3 Å². The zero-order chi connectivity index (χ0) is 16.0. The van der Waals surface area contributed by atoms with Gasteiger partial charge < -0.3 is 14.9 Å². The molecule has 118 valence electrons. The van der Waals surface area contributed by atoms with Gasteiger partial charge in [0.25, 0.3) is 5.91 Å². The van der Waals surface area contributed by atoms with Crippen molar-refractivity contribution in [3.63, 3.8) is 0 Å². The SMILES string of the molecule is Cc1cnc(C2CCN(C(=O)c3cc4cccc(F)c4[nH]3)C2)[nH]1. The number of rotatable bonds is 2. The van der Waals surface area contributed by atoms with Crippen molar-refractivity contribution in [2.24, 2.45) is 0 Å². The molecule has 23 heavy (non-hydrogen) atoms. The van der Waals surface area contributed by atoms with Gasteiger partial charge in [0.1, 0.15) is 17.3 Å². The summed E-state index contributed by atoms with van der Waals surface area (Å²) in [5.41, 5.74) is 1.84. The minimum Gasteiger partial charge on any atom is -0.348 e. The van der Waals surface area contributed by atoms with Gasteiger partial charge in [0.05, 0.1) is 5.52 Å². The number of aromatic nitrogens is 3. The lowest BCUT2D eigenvalue weighted by Crippen LogP contribution is -2.28. The number of H-pyrrole nitrogens is 2. The number of hydrogen-bond acceptors (Lipinski definition) is 2. The molecular weight excluding hydrogens is 295 g/mol. The highest BCUT2D eigenvalue weighted by molar-refractivity contribution is 5.98. The van der Waals surface area contributed by atoms with Gasteiger partial charge in [0.2, 0.25) is 0 Å². The summed E-state index contributed by atoms with van der Waals surface area (Å²) >= 11 is 0. The molecule has 0 bridgehead atoms. The standard InChI is InChI=1S/C17H17FN4O/c1-10-8-19-16(20-10)12-5-6-22(9-12)17(23)14-7-11-3-2-4-13(18)15(11)21-14/h2-4,7-8,12,21H,5-6,9H2,1H3,(H,19,20).